The van der Waals surface area contributed by atoms with Crippen molar-refractivity contribution in [2.75, 3.05) is 26.4 Å². The molecule has 266 valence electrons. The predicted molar refractivity (Wildman–Crippen MR) is 187 cm³/mol. The molecule has 1 saturated heterocycles. The molecule has 13 heteroatoms. The van der Waals surface area contributed by atoms with Crippen molar-refractivity contribution in [3.8, 4) is 17.3 Å². The number of pyridine rings is 1. The summed E-state index contributed by atoms with van der Waals surface area (Å²) < 4.78 is 30.0. The molecule has 1 unspecified atom stereocenters. The Bertz CT molecular complexity index is 1990. The van der Waals surface area contributed by atoms with E-state index in [0.717, 1.165) is 47.6 Å². The Hall–Kier alpha value is -4.68. The van der Waals surface area contributed by atoms with Gasteiger partial charge in [0.25, 0.3) is 5.91 Å². The summed E-state index contributed by atoms with van der Waals surface area (Å²) in [5.41, 5.74) is 3.24. The molecule has 0 radical (unpaired) electrons. The molecule has 3 amide bonds. The number of imidazole rings is 1. The SMILES string of the molecule is Cn1c(-c2cc3cccc(OCC4CC(=O)NC4(C)C)c3n2CC2CC2)nc2cc3c(nc21)CCN(C[C@@H](CF)NC(=O)OC(C)(C)C)C3=O. The lowest BCUT2D eigenvalue weighted by molar-refractivity contribution is -0.119. The molecule has 1 aliphatic carbocycles. The quantitative estimate of drug-likeness (QED) is 0.236. The molecule has 1 aromatic carbocycles. The lowest BCUT2D eigenvalue weighted by Gasteiger charge is -2.31. The summed E-state index contributed by atoms with van der Waals surface area (Å²) >= 11 is 0. The first-order valence-electron chi connectivity index (χ1n) is 17.5. The van der Waals surface area contributed by atoms with Gasteiger partial charge in [-0.15, -0.1) is 0 Å². The maximum absolute atomic E-state index is 14.0. The number of ether oxygens (including phenoxy) is 2. The van der Waals surface area contributed by atoms with Gasteiger partial charge in [-0.05, 0) is 71.6 Å². The maximum atomic E-state index is 14.0. The number of rotatable bonds is 10. The van der Waals surface area contributed by atoms with Crippen LogP contribution in [0.3, 0.4) is 0 Å². The van der Waals surface area contributed by atoms with E-state index in [9.17, 15) is 18.8 Å². The fraction of sp³-hybridized carbons (Fsp3) is 0.541. The van der Waals surface area contributed by atoms with Gasteiger partial charge < -0.3 is 34.1 Å². The number of alkyl carbamates (subject to hydrolysis) is 1. The zero-order chi connectivity index (χ0) is 35.5. The average Bonchev–Trinajstić information content (AvgIpc) is 3.62. The zero-order valence-corrected chi connectivity index (χ0v) is 29.6. The Morgan fingerprint density at radius 1 is 1.18 bits per heavy atom. The van der Waals surface area contributed by atoms with Crippen LogP contribution in [0.5, 0.6) is 5.75 Å². The topological polar surface area (TPSA) is 133 Å². The zero-order valence-electron chi connectivity index (χ0n) is 29.6. The number of nitrogens with one attached hydrogen (secondary N) is 2. The van der Waals surface area contributed by atoms with Crippen LogP contribution in [0.4, 0.5) is 9.18 Å². The molecule has 50 heavy (non-hydrogen) atoms. The molecule has 0 spiro atoms. The summed E-state index contributed by atoms with van der Waals surface area (Å²) in [7, 11) is 1.94. The number of alkyl halides is 1. The molecule has 2 aliphatic heterocycles. The van der Waals surface area contributed by atoms with E-state index in [1.807, 2.05) is 37.6 Å². The number of amides is 3. The Morgan fingerprint density at radius 3 is 2.64 bits per heavy atom. The summed E-state index contributed by atoms with van der Waals surface area (Å²) in [6.07, 6.45) is 2.54. The number of hydrogen-bond donors (Lipinski definition) is 2. The molecule has 7 rings (SSSR count). The lowest BCUT2D eigenvalue weighted by Crippen LogP contribution is -2.50. The molecule has 2 atom stereocenters. The van der Waals surface area contributed by atoms with Gasteiger partial charge in [-0.25, -0.2) is 19.2 Å². The van der Waals surface area contributed by atoms with Crippen molar-refractivity contribution in [2.45, 2.75) is 84.0 Å². The van der Waals surface area contributed by atoms with E-state index in [2.05, 4.69) is 27.3 Å². The molecule has 0 bridgehead atoms. The van der Waals surface area contributed by atoms with E-state index in [-0.39, 0.29) is 29.8 Å². The van der Waals surface area contributed by atoms with Crippen molar-refractivity contribution in [3.05, 3.63) is 41.6 Å². The van der Waals surface area contributed by atoms with Gasteiger partial charge in [0.15, 0.2) is 11.5 Å². The molecular weight excluding hydrogens is 641 g/mol. The Morgan fingerprint density at radius 2 is 1.96 bits per heavy atom. The summed E-state index contributed by atoms with van der Waals surface area (Å²) in [5.74, 6) is 1.89. The van der Waals surface area contributed by atoms with Crippen LogP contribution in [-0.4, -0.2) is 85.5 Å². The van der Waals surface area contributed by atoms with Gasteiger partial charge in [0.2, 0.25) is 5.91 Å². The number of carbonyl (C=O) groups excluding carboxylic acids is 3. The number of carbonyl (C=O) groups is 3. The molecule has 3 aliphatic rings. The van der Waals surface area contributed by atoms with Crippen LogP contribution in [0.1, 0.15) is 69.9 Å². The van der Waals surface area contributed by atoms with Crippen LogP contribution in [0.25, 0.3) is 33.6 Å². The molecule has 1 saturated carbocycles. The van der Waals surface area contributed by atoms with Crippen molar-refractivity contribution in [1.82, 2.24) is 34.6 Å². The number of fused-ring (bicyclic) bond motifs is 3. The van der Waals surface area contributed by atoms with Crippen LogP contribution < -0.4 is 15.4 Å². The molecule has 5 heterocycles. The van der Waals surface area contributed by atoms with E-state index in [4.69, 9.17) is 19.4 Å². The third-order valence-electron chi connectivity index (χ3n) is 10.0. The highest BCUT2D eigenvalue weighted by Gasteiger charge is 2.39. The molecule has 3 aromatic heterocycles. The monoisotopic (exact) mass is 687 g/mol. The number of nitrogens with zero attached hydrogens (tertiary/aromatic N) is 5. The number of aryl methyl sites for hydroxylation is 1. The van der Waals surface area contributed by atoms with Crippen molar-refractivity contribution in [2.24, 2.45) is 18.9 Å². The second kappa shape index (κ2) is 12.6. The first-order valence-corrected chi connectivity index (χ1v) is 17.5. The summed E-state index contributed by atoms with van der Waals surface area (Å²) in [5, 5.41) is 6.64. The van der Waals surface area contributed by atoms with Crippen LogP contribution in [0.15, 0.2) is 30.3 Å². The average molecular weight is 688 g/mol. The summed E-state index contributed by atoms with van der Waals surface area (Å²) in [6, 6.07) is 9.07. The van der Waals surface area contributed by atoms with Crippen molar-refractivity contribution < 1.29 is 28.2 Å². The molecular formula is C37H46FN7O5. The Kier molecular flexibility index (Phi) is 8.50. The normalized spacial score (nSPS) is 19.5. The van der Waals surface area contributed by atoms with Gasteiger partial charge in [0.1, 0.15) is 23.5 Å². The third kappa shape index (κ3) is 6.61. The van der Waals surface area contributed by atoms with Gasteiger partial charge in [0.05, 0.1) is 35.1 Å². The number of para-hydroxylation sites is 1. The highest BCUT2D eigenvalue weighted by Crippen LogP contribution is 2.40. The Labute approximate surface area is 290 Å². The van der Waals surface area contributed by atoms with E-state index < -0.39 is 24.4 Å². The van der Waals surface area contributed by atoms with Gasteiger partial charge in [-0.3, -0.25) is 9.59 Å². The van der Waals surface area contributed by atoms with E-state index in [1.54, 1.807) is 31.7 Å². The van der Waals surface area contributed by atoms with Crippen LogP contribution in [-0.2, 0) is 29.5 Å². The number of aromatic nitrogens is 4. The van der Waals surface area contributed by atoms with Gasteiger partial charge >= 0.3 is 6.09 Å². The largest absolute Gasteiger partial charge is 0.491 e. The maximum Gasteiger partial charge on any atom is 0.408 e. The third-order valence-corrected chi connectivity index (χ3v) is 10.0. The molecule has 12 nitrogen and oxygen atoms in total. The fourth-order valence-corrected chi connectivity index (χ4v) is 7.10. The van der Waals surface area contributed by atoms with Crippen LogP contribution >= 0.6 is 0 Å². The Balaban J connectivity index is 1.18. The number of halogens is 1. The lowest BCUT2D eigenvalue weighted by atomic mass is 9.90. The van der Waals surface area contributed by atoms with Gasteiger partial charge in [-0.2, -0.15) is 0 Å². The summed E-state index contributed by atoms with van der Waals surface area (Å²) in [4.78, 5) is 49.6. The molecule has 2 N–H and O–H groups in total. The van der Waals surface area contributed by atoms with E-state index in [1.165, 1.54) is 0 Å². The van der Waals surface area contributed by atoms with E-state index >= 15 is 0 Å². The van der Waals surface area contributed by atoms with Crippen molar-refractivity contribution in [1.29, 1.82) is 0 Å². The first-order chi connectivity index (χ1) is 23.7. The van der Waals surface area contributed by atoms with Crippen LogP contribution in [0, 0.1) is 11.8 Å². The minimum Gasteiger partial charge on any atom is -0.491 e. The number of benzene rings is 1. The van der Waals surface area contributed by atoms with Crippen molar-refractivity contribution >= 4 is 40.0 Å². The smallest absolute Gasteiger partial charge is 0.408 e. The fourth-order valence-electron chi connectivity index (χ4n) is 7.10. The first kappa shape index (κ1) is 33.8. The standard InChI is InChI=1S/C37H46FN7O5/c1-36(2,3)50-35(48)39-24(17-38)19-44-13-12-26-25(34(44)47)16-27-32(40-26)43(6)33(41-27)28-14-22-8-7-9-29(31(22)45(28)18-21-10-11-21)49-20-23-15-30(46)42-37(23,4)5/h7-9,14,16,21,23-24H,10-13,15,17-20H2,1-6H3,(H,39,48)(H,42,46)/t23?,24-/m1/s1. The molecule has 4 aromatic rings. The van der Waals surface area contributed by atoms with Crippen molar-refractivity contribution in [3.63, 3.8) is 0 Å². The highest BCUT2D eigenvalue weighted by molar-refractivity contribution is 5.99. The van der Waals surface area contributed by atoms with Gasteiger partial charge in [0, 0.05) is 56.4 Å². The van der Waals surface area contributed by atoms with Crippen LogP contribution in [0.2, 0.25) is 0 Å². The minimum atomic E-state index is -0.903. The van der Waals surface area contributed by atoms with Gasteiger partial charge in [-0.1, -0.05) is 12.1 Å². The van der Waals surface area contributed by atoms with E-state index in [0.29, 0.717) is 54.3 Å². The number of hydrogen-bond acceptors (Lipinski definition) is 7. The highest BCUT2D eigenvalue weighted by atomic mass is 19.1. The second-order valence-corrected chi connectivity index (χ2v) is 15.6. The predicted octanol–water partition coefficient (Wildman–Crippen LogP) is 5.15. The second-order valence-electron chi connectivity index (χ2n) is 15.6. The molecule has 2 fully saturated rings. The minimum absolute atomic E-state index is 0.0102. The summed E-state index contributed by atoms with van der Waals surface area (Å²) in [6.45, 7) is 10.0.